The van der Waals surface area contributed by atoms with Crippen LogP contribution in [0.25, 0.3) is 0 Å². The van der Waals surface area contributed by atoms with Gasteiger partial charge in [-0.3, -0.25) is 0 Å². The number of hydrogen-bond donors (Lipinski definition) is 0. The lowest BCUT2D eigenvalue weighted by Gasteiger charge is -2.11. The van der Waals surface area contributed by atoms with Gasteiger partial charge in [-0.05, 0) is 19.3 Å². The molecular weight excluding hydrogens is 128 g/mol. The van der Waals surface area contributed by atoms with Crippen LogP contribution in [0, 0.1) is 0 Å². The topological polar surface area (TPSA) is 18.5 Å². The fourth-order valence-corrected chi connectivity index (χ4v) is 0.761. The van der Waals surface area contributed by atoms with E-state index in [1.54, 1.807) is 14.2 Å². The van der Waals surface area contributed by atoms with Gasteiger partial charge in [-0.15, -0.1) is 6.58 Å². The largest absolute Gasteiger partial charge is 0.356 e. The Morgan fingerprint density at radius 3 is 2.40 bits per heavy atom. The van der Waals surface area contributed by atoms with Crippen LogP contribution in [0.5, 0.6) is 0 Å². The molecule has 0 amide bonds. The second kappa shape index (κ2) is 6.78. The van der Waals surface area contributed by atoms with E-state index in [0.29, 0.717) is 0 Å². The van der Waals surface area contributed by atoms with Gasteiger partial charge < -0.3 is 9.47 Å². The van der Waals surface area contributed by atoms with Gasteiger partial charge in [0.2, 0.25) is 0 Å². The van der Waals surface area contributed by atoms with Gasteiger partial charge in [0.25, 0.3) is 0 Å². The number of hydrogen-bond acceptors (Lipinski definition) is 2. The molecular formula is C8H16O2. The quantitative estimate of drug-likeness (QED) is 0.322. The predicted molar refractivity (Wildman–Crippen MR) is 41.9 cm³/mol. The summed E-state index contributed by atoms with van der Waals surface area (Å²) < 4.78 is 9.98. The van der Waals surface area contributed by atoms with Crippen molar-refractivity contribution < 1.29 is 9.47 Å². The first-order chi connectivity index (χ1) is 4.85. The highest BCUT2D eigenvalue weighted by Crippen LogP contribution is 2.04. The average Bonchev–Trinajstić information content (AvgIpc) is 1.99. The Balaban J connectivity index is 3.16. The minimum atomic E-state index is -0.0417. The molecule has 0 fully saturated rings. The minimum absolute atomic E-state index is 0.0417. The van der Waals surface area contributed by atoms with E-state index in [0.717, 1.165) is 19.3 Å². The average molecular weight is 144 g/mol. The molecule has 0 atom stereocenters. The summed E-state index contributed by atoms with van der Waals surface area (Å²) in [6, 6.07) is 0. The lowest BCUT2D eigenvalue weighted by molar-refractivity contribution is -0.106. The number of rotatable bonds is 6. The first-order valence-corrected chi connectivity index (χ1v) is 3.51. The first kappa shape index (κ1) is 9.66. The summed E-state index contributed by atoms with van der Waals surface area (Å²) in [4.78, 5) is 0. The fourth-order valence-electron chi connectivity index (χ4n) is 0.761. The van der Waals surface area contributed by atoms with Crippen molar-refractivity contribution in [3.05, 3.63) is 12.7 Å². The van der Waals surface area contributed by atoms with E-state index in [1.165, 1.54) is 0 Å². The number of methoxy groups -OCH3 is 2. The molecule has 0 N–H and O–H groups in total. The fraction of sp³-hybridized carbons (Fsp3) is 0.750. The Bertz CT molecular complexity index is 77.3. The van der Waals surface area contributed by atoms with E-state index in [-0.39, 0.29) is 6.29 Å². The van der Waals surface area contributed by atoms with Crippen molar-refractivity contribution in [1.82, 2.24) is 0 Å². The third-order valence-electron chi connectivity index (χ3n) is 1.37. The van der Waals surface area contributed by atoms with Crippen molar-refractivity contribution in [2.45, 2.75) is 25.6 Å². The summed E-state index contributed by atoms with van der Waals surface area (Å²) in [6.45, 7) is 3.63. The van der Waals surface area contributed by atoms with Crippen LogP contribution in [-0.4, -0.2) is 20.5 Å². The van der Waals surface area contributed by atoms with E-state index in [9.17, 15) is 0 Å². The van der Waals surface area contributed by atoms with E-state index < -0.39 is 0 Å². The molecule has 60 valence electrons. The maximum Gasteiger partial charge on any atom is 0.156 e. The normalized spacial score (nSPS) is 10.3. The highest BCUT2D eigenvalue weighted by molar-refractivity contribution is 4.65. The molecule has 0 saturated heterocycles. The lowest BCUT2D eigenvalue weighted by Crippen LogP contribution is -2.11. The van der Waals surface area contributed by atoms with E-state index >= 15 is 0 Å². The number of allylic oxidation sites excluding steroid dienone is 1. The molecule has 0 aromatic heterocycles. The third-order valence-corrected chi connectivity index (χ3v) is 1.37. The molecule has 0 radical (unpaired) electrons. The Labute approximate surface area is 62.8 Å². The van der Waals surface area contributed by atoms with Gasteiger partial charge in [-0.1, -0.05) is 6.08 Å². The molecule has 0 saturated carbocycles. The van der Waals surface area contributed by atoms with Crippen LogP contribution < -0.4 is 0 Å². The monoisotopic (exact) mass is 144 g/mol. The summed E-state index contributed by atoms with van der Waals surface area (Å²) >= 11 is 0. The van der Waals surface area contributed by atoms with Crippen molar-refractivity contribution in [2.24, 2.45) is 0 Å². The standard InChI is InChI=1S/C8H16O2/c1-4-5-6-7-8(9-2)10-3/h4,8H,1,5-7H2,2-3H3. The van der Waals surface area contributed by atoms with Crippen LogP contribution in [0.1, 0.15) is 19.3 Å². The maximum atomic E-state index is 4.99. The molecule has 0 spiro atoms. The van der Waals surface area contributed by atoms with Crippen LogP contribution in [0.4, 0.5) is 0 Å². The van der Waals surface area contributed by atoms with Gasteiger partial charge >= 0.3 is 0 Å². The van der Waals surface area contributed by atoms with Gasteiger partial charge in [-0.2, -0.15) is 0 Å². The molecule has 0 aliphatic carbocycles. The molecule has 0 rings (SSSR count). The third kappa shape index (κ3) is 4.53. The first-order valence-electron chi connectivity index (χ1n) is 3.51. The van der Waals surface area contributed by atoms with Gasteiger partial charge in [0.1, 0.15) is 0 Å². The molecule has 0 aromatic carbocycles. The molecule has 0 aromatic rings. The van der Waals surface area contributed by atoms with Gasteiger partial charge in [0.15, 0.2) is 6.29 Å². The van der Waals surface area contributed by atoms with Crippen molar-refractivity contribution in [1.29, 1.82) is 0 Å². The minimum Gasteiger partial charge on any atom is -0.356 e. The Morgan fingerprint density at radius 2 is 2.00 bits per heavy atom. The summed E-state index contributed by atoms with van der Waals surface area (Å²) in [6.07, 6.45) is 4.92. The van der Waals surface area contributed by atoms with E-state index in [1.807, 2.05) is 6.08 Å². The van der Waals surface area contributed by atoms with Crippen molar-refractivity contribution in [3.63, 3.8) is 0 Å². The van der Waals surface area contributed by atoms with Crippen LogP contribution in [0.3, 0.4) is 0 Å². The number of ether oxygens (including phenoxy) is 2. The van der Waals surface area contributed by atoms with E-state index in [2.05, 4.69) is 6.58 Å². The van der Waals surface area contributed by atoms with Gasteiger partial charge in [-0.25, -0.2) is 0 Å². The SMILES string of the molecule is C=CCCCC(OC)OC. The van der Waals surface area contributed by atoms with Crippen LogP contribution in [0.15, 0.2) is 12.7 Å². The molecule has 0 heterocycles. The van der Waals surface area contributed by atoms with E-state index in [4.69, 9.17) is 9.47 Å². The lowest BCUT2D eigenvalue weighted by atomic mass is 10.2. The number of unbranched alkanes of at least 4 members (excludes halogenated alkanes) is 1. The Morgan fingerprint density at radius 1 is 1.40 bits per heavy atom. The summed E-state index contributed by atoms with van der Waals surface area (Å²) in [5.74, 6) is 0. The predicted octanol–water partition coefficient (Wildman–Crippen LogP) is 1.96. The zero-order chi connectivity index (χ0) is 7.82. The van der Waals surface area contributed by atoms with Crippen molar-refractivity contribution in [2.75, 3.05) is 14.2 Å². The van der Waals surface area contributed by atoms with Crippen LogP contribution in [0.2, 0.25) is 0 Å². The van der Waals surface area contributed by atoms with Gasteiger partial charge in [0, 0.05) is 14.2 Å². The molecule has 2 nitrogen and oxygen atoms in total. The summed E-state index contributed by atoms with van der Waals surface area (Å²) in [5.41, 5.74) is 0. The van der Waals surface area contributed by atoms with Crippen LogP contribution >= 0.6 is 0 Å². The second-order valence-electron chi connectivity index (χ2n) is 2.12. The summed E-state index contributed by atoms with van der Waals surface area (Å²) in [5, 5.41) is 0. The molecule has 0 aliphatic rings. The Kier molecular flexibility index (Phi) is 6.55. The molecule has 0 aliphatic heterocycles. The molecule has 0 bridgehead atoms. The van der Waals surface area contributed by atoms with Gasteiger partial charge in [0.05, 0.1) is 0 Å². The maximum absolute atomic E-state index is 4.99. The Hall–Kier alpha value is -0.340. The molecule has 0 unspecified atom stereocenters. The zero-order valence-electron chi connectivity index (χ0n) is 6.80. The molecule has 2 heteroatoms. The van der Waals surface area contributed by atoms with Crippen molar-refractivity contribution in [3.8, 4) is 0 Å². The highest BCUT2D eigenvalue weighted by Gasteiger charge is 2.01. The second-order valence-corrected chi connectivity index (χ2v) is 2.12. The summed E-state index contributed by atoms with van der Waals surface area (Å²) in [7, 11) is 3.31. The van der Waals surface area contributed by atoms with Crippen LogP contribution in [-0.2, 0) is 9.47 Å². The molecule has 10 heavy (non-hydrogen) atoms. The zero-order valence-corrected chi connectivity index (χ0v) is 6.80. The smallest absolute Gasteiger partial charge is 0.156 e. The highest BCUT2D eigenvalue weighted by atomic mass is 16.7. The van der Waals surface area contributed by atoms with Crippen molar-refractivity contribution >= 4 is 0 Å².